The van der Waals surface area contributed by atoms with Crippen LogP contribution >= 0.6 is 11.3 Å². The van der Waals surface area contributed by atoms with Gasteiger partial charge in [-0.2, -0.15) is 0 Å². The summed E-state index contributed by atoms with van der Waals surface area (Å²) >= 11 is 1.57. The van der Waals surface area contributed by atoms with Crippen LogP contribution in [0.2, 0.25) is 0 Å². The van der Waals surface area contributed by atoms with E-state index in [9.17, 15) is 8.42 Å². The van der Waals surface area contributed by atoms with Crippen LogP contribution in [0.5, 0.6) is 0 Å². The highest BCUT2D eigenvalue weighted by atomic mass is 32.2. The van der Waals surface area contributed by atoms with Crippen LogP contribution in [0.15, 0.2) is 60.0 Å². The molecule has 1 N–H and O–H groups in total. The Labute approximate surface area is 164 Å². The lowest BCUT2D eigenvalue weighted by molar-refractivity contribution is 0.598. The second-order valence-corrected chi connectivity index (χ2v) is 8.94. The predicted octanol–water partition coefficient (Wildman–Crippen LogP) is 4.25. The molecule has 0 aliphatic heterocycles. The third-order valence-electron chi connectivity index (χ3n) is 4.18. The summed E-state index contributed by atoms with van der Waals surface area (Å²) < 4.78 is 25.0. The zero-order valence-corrected chi connectivity index (χ0v) is 17.1. The van der Waals surface area contributed by atoms with Gasteiger partial charge in [-0.05, 0) is 31.0 Å². The summed E-state index contributed by atoms with van der Waals surface area (Å²) in [5, 5.41) is 6.26. The summed E-state index contributed by atoms with van der Waals surface area (Å²) in [4.78, 5) is 4.63. The van der Waals surface area contributed by atoms with E-state index in [4.69, 9.17) is 0 Å². The molecule has 0 spiro atoms. The second-order valence-electron chi connectivity index (χ2n) is 6.17. The average Bonchev–Trinajstić information content (AvgIpc) is 3.11. The van der Waals surface area contributed by atoms with E-state index in [-0.39, 0.29) is 0 Å². The molecule has 3 aromatic rings. The molecule has 27 heavy (non-hydrogen) atoms. The fourth-order valence-corrected chi connectivity index (χ4v) is 4.58. The van der Waals surface area contributed by atoms with Crippen molar-refractivity contribution < 1.29 is 8.42 Å². The Bertz CT molecular complexity index is 968. The highest BCUT2D eigenvalue weighted by molar-refractivity contribution is 7.92. The predicted molar refractivity (Wildman–Crippen MR) is 114 cm³/mol. The monoisotopic (exact) mass is 401 g/mol. The minimum absolute atomic E-state index is 0.407. The van der Waals surface area contributed by atoms with Crippen molar-refractivity contribution in [1.82, 2.24) is 4.98 Å². The number of thiazole rings is 1. The molecule has 5 nitrogen and oxygen atoms in total. The smallest absolute Gasteiger partial charge is 0.232 e. The number of aromatic nitrogens is 1. The summed E-state index contributed by atoms with van der Waals surface area (Å²) in [6.45, 7) is 3.06. The van der Waals surface area contributed by atoms with Gasteiger partial charge in [-0.15, -0.1) is 11.3 Å². The number of anilines is 2. The number of benzene rings is 2. The molecule has 0 aliphatic carbocycles. The number of nitrogens with zero attached hydrogens (tertiary/aromatic N) is 2. The van der Waals surface area contributed by atoms with Gasteiger partial charge >= 0.3 is 0 Å². The summed E-state index contributed by atoms with van der Waals surface area (Å²) in [5.41, 5.74) is 3.82. The maximum atomic E-state index is 11.8. The molecular weight excluding hydrogens is 378 g/mol. The third-order valence-corrected chi connectivity index (χ3v) is 6.25. The van der Waals surface area contributed by atoms with Gasteiger partial charge in [-0.1, -0.05) is 42.5 Å². The number of nitrogens with one attached hydrogen (secondary N) is 1. The van der Waals surface area contributed by atoms with Gasteiger partial charge < -0.3 is 5.32 Å². The Morgan fingerprint density at radius 1 is 1.07 bits per heavy atom. The summed E-state index contributed by atoms with van der Waals surface area (Å²) in [5.74, 6) is 0. The van der Waals surface area contributed by atoms with E-state index in [0.29, 0.717) is 12.2 Å². The van der Waals surface area contributed by atoms with Gasteiger partial charge in [-0.25, -0.2) is 13.4 Å². The van der Waals surface area contributed by atoms with E-state index in [1.165, 1.54) is 16.1 Å². The van der Waals surface area contributed by atoms with Crippen LogP contribution in [0, 0.1) is 0 Å². The van der Waals surface area contributed by atoms with Crippen LogP contribution in [-0.4, -0.2) is 32.7 Å². The molecule has 0 saturated heterocycles. The average molecular weight is 402 g/mol. The summed E-state index contributed by atoms with van der Waals surface area (Å²) in [6.07, 6.45) is 2.17. The maximum absolute atomic E-state index is 11.8. The number of hydrogen-bond acceptors (Lipinski definition) is 5. The SMILES string of the molecule is CCN(c1ccc(-c2csc(NCCc3ccccc3)n2)cc1)S(C)(=O)=O. The van der Waals surface area contributed by atoms with Crippen LogP contribution in [0.1, 0.15) is 12.5 Å². The van der Waals surface area contributed by atoms with E-state index < -0.39 is 10.0 Å². The first-order chi connectivity index (χ1) is 13.0. The van der Waals surface area contributed by atoms with Crippen molar-refractivity contribution in [2.24, 2.45) is 0 Å². The second kappa shape index (κ2) is 8.54. The lowest BCUT2D eigenvalue weighted by atomic mass is 10.1. The van der Waals surface area contributed by atoms with Crippen LogP contribution in [-0.2, 0) is 16.4 Å². The molecule has 7 heteroatoms. The highest BCUT2D eigenvalue weighted by Crippen LogP contribution is 2.27. The standard InChI is InChI=1S/C20H23N3O2S2/c1-3-23(27(2,24)25)18-11-9-17(10-12-18)19-15-26-20(22-19)21-14-13-16-7-5-4-6-8-16/h4-12,15H,3,13-14H2,1-2H3,(H,21,22). The molecule has 0 radical (unpaired) electrons. The molecule has 0 saturated carbocycles. The van der Waals surface area contributed by atoms with Gasteiger partial charge in [0.05, 0.1) is 17.6 Å². The highest BCUT2D eigenvalue weighted by Gasteiger charge is 2.15. The molecule has 1 heterocycles. The van der Waals surface area contributed by atoms with Crippen molar-refractivity contribution >= 4 is 32.2 Å². The molecule has 0 amide bonds. The van der Waals surface area contributed by atoms with E-state index >= 15 is 0 Å². The first kappa shape index (κ1) is 19.4. The van der Waals surface area contributed by atoms with Crippen LogP contribution < -0.4 is 9.62 Å². The molecule has 1 aromatic heterocycles. The Morgan fingerprint density at radius 3 is 2.41 bits per heavy atom. The van der Waals surface area contributed by atoms with Crippen molar-refractivity contribution in [2.45, 2.75) is 13.3 Å². The summed E-state index contributed by atoms with van der Waals surface area (Å²) in [6, 6.07) is 17.8. The topological polar surface area (TPSA) is 62.3 Å². The van der Waals surface area contributed by atoms with Gasteiger partial charge in [0.1, 0.15) is 0 Å². The van der Waals surface area contributed by atoms with Crippen molar-refractivity contribution in [1.29, 1.82) is 0 Å². The third kappa shape index (κ3) is 5.08. The van der Waals surface area contributed by atoms with Crippen molar-refractivity contribution in [2.75, 3.05) is 29.0 Å². The Balaban J connectivity index is 1.64. The van der Waals surface area contributed by atoms with Crippen molar-refractivity contribution in [3.05, 3.63) is 65.5 Å². The molecule has 0 atom stereocenters. The lowest BCUT2D eigenvalue weighted by Gasteiger charge is -2.20. The van der Waals surface area contributed by atoms with Gasteiger partial charge in [0.15, 0.2) is 5.13 Å². The van der Waals surface area contributed by atoms with E-state index in [1.54, 1.807) is 11.3 Å². The molecule has 0 bridgehead atoms. The molecule has 0 fully saturated rings. The number of sulfonamides is 1. The fourth-order valence-electron chi connectivity index (χ4n) is 2.85. The normalized spacial score (nSPS) is 11.3. The zero-order chi connectivity index (χ0) is 19.3. The summed E-state index contributed by atoms with van der Waals surface area (Å²) in [7, 11) is -3.26. The minimum Gasteiger partial charge on any atom is -0.361 e. The lowest BCUT2D eigenvalue weighted by Crippen LogP contribution is -2.29. The van der Waals surface area contributed by atoms with E-state index in [0.717, 1.165) is 29.4 Å². The van der Waals surface area contributed by atoms with Gasteiger partial charge in [0, 0.05) is 24.0 Å². The van der Waals surface area contributed by atoms with Gasteiger partial charge in [-0.3, -0.25) is 4.31 Å². The molecule has 0 unspecified atom stereocenters. The number of hydrogen-bond donors (Lipinski definition) is 1. The van der Waals surface area contributed by atoms with Crippen LogP contribution in [0.25, 0.3) is 11.3 Å². The molecule has 0 aliphatic rings. The van der Waals surface area contributed by atoms with Crippen molar-refractivity contribution in [3.8, 4) is 11.3 Å². The maximum Gasteiger partial charge on any atom is 0.232 e. The fraction of sp³-hybridized carbons (Fsp3) is 0.250. The Kier molecular flexibility index (Phi) is 6.13. The van der Waals surface area contributed by atoms with Crippen LogP contribution in [0.3, 0.4) is 0 Å². The van der Waals surface area contributed by atoms with Crippen molar-refractivity contribution in [3.63, 3.8) is 0 Å². The first-order valence-electron chi connectivity index (χ1n) is 8.79. The van der Waals surface area contributed by atoms with E-state index in [2.05, 4.69) is 22.4 Å². The molecule has 3 rings (SSSR count). The van der Waals surface area contributed by atoms with Gasteiger partial charge in [0.25, 0.3) is 0 Å². The minimum atomic E-state index is -3.26. The molecule has 142 valence electrons. The largest absolute Gasteiger partial charge is 0.361 e. The first-order valence-corrected chi connectivity index (χ1v) is 11.5. The number of rotatable bonds is 8. The van der Waals surface area contributed by atoms with Gasteiger partial charge in [0.2, 0.25) is 10.0 Å². The quantitative estimate of drug-likeness (QED) is 0.613. The van der Waals surface area contributed by atoms with Crippen LogP contribution in [0.4, 0.5) is 10.8 Å². The zero-order valence-electron chi connectivity index (χ0n) is 15.4. The molecular formula is C20H23N3O2S2. The van der Waals surface area contributed by atoms with E-state index in [1.807, 2.05) is 54.8 Å². The Hall–Kier alpha value is -2.38. The molecule has 2 aromatic carbocycles. The Morgan fingerprint density at radius 2 is 1.78 bits per heavy atom.